The van der Waals surface area contributed by atoms with Crippen LogP contribution in [0.1, 0.15) is 37.8 Å². The number of hydrogen-bond acceptors (Lipinski definition) is 8. The third kappa shape index (κ3) is 5.49. The molecular weight excluding hydrogens is 478 g/mol. The number of fused-ring (bicyclic) bond motifs is 1. The van der Waals surface area contributed by atoms with Gasteiger partial charge in [-0.05, 0) is 36.8 Å². The molecule has 1 amide bonds. The van der Waals surface area contributed by atoms with E-state index in [1.165, 1.54) is 11.8 Å². The summed E-state index contributed by atoms with van der Waals surface area (Å²) in [7, 11) is 1.55. The molecule has 1 fully saturated rings. The lowest BCUT2D eigenvalue weighted by Gasteiger charge is -2.36. The number of carbonyl (C=O) groups is 2. The largest absolute Gasteiger partial charge is 0.460 e. The Morgan fingerprint density at radius 2 is 2.15 bits per heavy atom. The van der Waals surface area contributed by atoms with Gasteiger partial charge in [-0.25, -0.2) is 9.79 Å². The van der Waals surface area contributed by atoms with Crippen LogP contribution in [0.4, 0.5) is 0 Å². The quantitative estimate of drug-likeness (QED) is 0.403. The molecule has 3 aliphatic rings. The number of thioether (sulfide) groups is 1. The Labute approximate surface area is 208 Å². The molecular formula is C24H28ClN3O5S. The first-order chi connectivity index (χ1) is 16.5. The van der Waals surface area contributed by atoms with Gasteiger partial charge >= 0.3 is 5.97 Å². The molecule has 1 N–H and O–H groups in total. The first-order valence-corrected chi connectivity index (χ1v) is 12.5. The van der Waals surface area contributed by atoms with Crippen LogP contribution in [0, 0.1) is 0 Å². The smallest absolute Gasteiger partial charge is 0.338 e. The van der Waals surface area contributed by atoms with Gasteiger partial charge in [0.05, 0.1) is 36.4 Å². The Hall–Kier alpha value is -2.33. The molecule has 8 nitrogen and oxygen atoms in total. The van der Waals surface area contributed by atoms with Crippen LogP contribution in [0.25, 0.3) is 0 Å². The minimum Gasteiger partial charge on any atom is -0.460 e. The number of halogens is 1. The van der Waals surface area contributed by atoms with Crippen molar-refractivity contribution in [2.45, 2.75) is 38.3 Å². The van der Waals surface area contributed by atoms with Crippen LogP contribution in [-0.4, -0.2) is 61.5 Å². The summed E-state index contributed by atoms with van der Waals surface area (Å²) in [5.41, 5.74) is 2.43. The molecule has 0 spiro atoms. The first kappa shape index (κ1) is 24.8. The van der Waals surface area contributed by atoms with Gasteiger partial charge in [-0.15, -0.1) is 0 Å². The van der Waals surface area contributed by atoms with E-state index in [0.717, 1.165) is 30.7 Å². The van der Waals surface area contributed by atoms with E-state index < -0.39 is 12.0 Å². The van der Waals surface area contributed by atoms with Crippen molar-refractivity contribution in [1.29, 1.82) is 0 Å². The maximum absolute atomic E-state index is 13.2. The lowest BCUT2D eigenvalue weighted by atomic mass is 9.93. The SMILES string of the molecule is COCCOC(=O)C1=C(C)N=C2SC=C(CC(=O)NC[C@@H]3CCCO3)N2[C@H]1c1ccccc1Cl. The second-order valence-corrected chi connectivity index (χ2v) is 9.40. The molecule has 0 saturated carbocycles. The summed E-state index contributed by atoms with van der Waals surface area (Å²) in [6, 6.07) is 6.81. The molecule has 3 heterocycles. The summed E-state index contributed by atoms with van der Waals surface area (Å²) in [5.74, 6) is -0.599. The minimum absolute atomic E-state index is 0.0675. The van der Waals surface area contributed by atoms with Gasteiger partial charge in [0.1, 0.15) is 6.61 Å². The van der Waals surface area contributed by atoms with Crippen molar-refractivity contribution in [3.63, 3.8) is 0 Å². The summed E-state index contributed by atoms with van der Waals surface area (Å²) in [6.07, 6.45) is 2.18. The predicted molar refractivity (Wildman–Crippen MR) is 131 cm³/mol. The lowest BCUT2D eigenvalue weighted by molar-refractivity contribution is -0.141. The Bertz CT molecular complexity index is 1040. The normalized spacial score (nSPS) is 21.8. The molecule has 3 aliphatic heterocycles. The minimum atomic E-state index is -0.566. The number of allylic oxidation sites excluding steroid dienone is 1. The van der Waals surface area contributed by atoms with Gasteiger partial charge in [0.25, 0.3) is 0 Å². The second-order valence-electron chi connectivity index (χ2n) is 8.16. The average molecular weight is 506 g/mol. The molecule has 10 heteroatoms. The van der Waals surface area contributed by atoms with Crippen molar-refractivity contribution in [2.24, 2.45) is 4.99 Å². The fourth-order valence-corrected chi connectivity index (χ4v) is 5.38. The maximum Gasteiger partial charge on any atom is 0.338 e. The summed E-state index contributed by atoms with van der Waals surface area (Å²) in [4.78, 5) is 32.5. The number of amidine groups is 1. The third-order valence-electron chi connectivity index (χ3n) is 5.83. The van der Waals surface area contributed by atoms with E-state index >= 15 is 0 Å². The fraction of sp³-hybridized carbons (Fsp3) is 0.458. The van der Waals surface area contributed by atoms with Crippen molar-refractivity contribution < 1.29 is 23.8 Å². The Morgan fingerprint density at radius 1 is 1.32 bits per heavy atom. The zero-order chi connectivity index (χ0) is 24.1. The maximum atomic E-state index is 13.2. The van der Waals surface area contributed by atoms with Gasteiger partial charge in [-0.3, -0.25) is 4.79 Å². The molecule has 182 valence electrons. The number of hydrogen-bond donors (Lipinski definition) is 1. The second kappa shape index (κ2) is 11.4. The highest BCUT2D eigenvalue weighted by atomic mass is 35.5. The predicted octanol–water partition coefficient (Wildman–Crippen LogP) is 3.79. The Morgan fingerprint density at radius 3 is 2.88 bits per heavy atom. The van der Waals surface area contributed by atoms with E-state index in [2.05, 4.69) is 10.3 Å². The number of nitrogens with zero attached hydrogens (tertiary/aromatic N) is 2. The average Bonchev–Trinajstić information content (AvgIpc) is 3.47. The molecule has 0 unspecified atom stereocenters. The lowest BCUT2D eigenvalue weighted by Crippen LogP contribution is -2.39. The van der Waals surface area contributed by atoms with E-state index in [1.807, 2.05) is 28.5 Å². The van der Waals surface area contributed by atoms with Gasteiger partial charge in [0.15, 0.2) is 5.17 Å². The van der Waals surface area contributed by atoms with Crippen molar-refractivity contribution in [2.75, 3.05) is 33.5 Å². The van der Waals surface area contributed by atoms with Crippen LogP contribution >= 0.6 is 23.4 Å². The fourth-order valence-electron chi connectivity index (χ4n) is 4.18. The van der Waals surface area contributed by atoms with Gasteiger partial charge in [0, 0.05) is 31.0 Å². The summed E-state index contributed by atoms with van der Waals surface area (Å²) < 4.78 is 16.1. The number of benzene rings is 1. The van der Waals surface area contributed by atoms with Crippen molar-refractivity contribution in [1.82, 2.24) is 10.2 Å². The highest BCUT2D eigenvalue weighted by Gasteiger charge is 2.41. The first-order valence-electron chi connectivity index (χ1n) is 11.2. The van der Waals surface area contributed by atoms with Gasteiger partial charge < -0.3 is 24.4 Å². The molecule has 1 aromatic rings. The van der Waals surface area contributed by atoms with Crippen LogP contribution in [0.3, 0.4) is 0 Å². The molecule has 4 rings (SSSR count). The standard InChI is InChI=1S/C24H28ClN3O5S/c1-15-21(23(30)33-11-10-31-2)22(18-7-3-4-8-19(18)25)28-16(14-34-24(28)27-15)12-20(29)26-13-17-6-5-9-32-17/h3-4,7-8,14,17,22H,5-6,9-13H2,1-2H3,(H,26,29)/t17-,22-/m0/s1. The molecule has 0 aromatic heterocycles. The molecule has 0 aliphatic carbocycles. The highest BCUT2D eigenvalue weighted by Crippen LogP contribution is 2.46. The molecule has 34 heavy (non-hydrogen) atoms. The van der Waals surface area contributed by atoms with E-state index in [4.69, 9.17) is 25.8 Å². The van der Waals surface area contributed by atoms with Crippen LogP contribution in [0.5, 0.6) is 0 Å². The van der Waals surface area contributed by atoms with Crippen LogP contribution in [0.2, 0.25) is 5.02 Å². The molecule has 0 radical (unpaired) electrons. The van der Waals surface area contributed by atoms with Gasteiger partial charge in [0.2, 0.25) is 5.91 Å². The number of methoxy groups -OCH3 is 1. The number of amides is 1. The monoisotopic (exact) mass is 505 g/mol. The van der Waals surface area contributed by atoms with E-state index in [-0.39, 0.29) is 25.0 Å². The summed E-state index contributed by atoms with van der Waals surface area (Å²) in [5, 5.41) is 6.08. The Balaban J connectivity index is 1.59. The zero-order valence-corrected chi connectivity index (χ0v) is 20.8. The number of carbonyl (C=O) groups excluding carboxylic acids is 2. The number of rotatable bonds is 9. The topological polar surface area (TPSA) is 89.5 Å². The highest BCUT2D eigenvalue weighted by molar-refractivity contribution is 8.16. The number of nitrogens with one attached hydrogen (secondary N) is 1. The molecule has 1 saturated heterocycles. The van der Waals surface area contributed by atoms with Gasteiger partial charge in [-0.1, -0.05) is 41.6 Å². The van der Waals surface area contributed by atoms with Crippen molar-refractivity contribution in [3.8, 4) is 0 Å². The van der Waals surface area contributed by atoms with Gasteiger partial charge in [-0.2, -0.15) is 0 Å². The number of aliphatic imine (C=N–C) groups is 1. The van der Waals surface area contributed by atoms with Crippen LogP contribution in [0.15, 0.2) is 51.6 Å². The van der Waals surface area contributed by atoms with E-state index in [0.29, 0.717) is 34.6 Å². The zero-order valence-electron chi connectivity index (χ0n) is 19.2. The Kier molecular flexibility index (Phi) is 8.31. The molecule has 2 atom stereocenters. The third-order valence-corrected chi connectivity index (χ3v) is 7.07. The van der Waals surface area contributed by atoms with Crippen molar-refractivity contribution in [3.05, 3.63) is 57.2 Å². The number of ether oxygens (including phenoxy) is 3. The van der Waals surface area contributed by atoms with Crippen LogP contribution < -0.4 is 5.32 Å². The van der Waals surface area contributed by atoms with E-state index in [9.17, 15) is 9.59 Å². The molecule has 1 aromatic carbocycles. The molecule has 0 bridgehead atoms. The summed E-state index contributed by atoms with van der Waals surface area (Å²) >= 11 is 8.01. The van der Waals surface area contributed by atoms with Crippen molar-refractivity contribution >= 4 is 40.4 Å². The number of esters is 1. The summed E-state index contributed by atoms with van der Waals surface area (Å²) in [6.45, 7) is 3.43. The van der Waals surface area contributed by atoms with Crippen LogP contribution in [-0.2, 0) is 23.8 Å². The van der Waals surface area contributed by atoms with E-state index in [1.54, 1.807) is 20.1 Å².